The van der Waals surface area contributed by atoms with Crippen LogP contribution >= 0.6 is 0 Å². The molecule has 0 atom stereocenters. The Hall–Kier alpha value is 0.130. The van der Waals surface area contributed by atoms with Gasteiger partial charge in [-0.1, -0.05) is 47.6 Å². The molecule has 0 unspecified atom stereocenters. The fourth-order valence-corrected chi connectivity index (χ4v) is 2.15. The molecule has 5 heteroatoms. The first kappa shape index (κ1) is 19.1. The summed E-state index contributed by atoms with van der Waals surface area (Å²) < 4.78 is 33.7. The first-order chi connectivity index (χ1) is 7.82. The summed E-state index contributed by atoms with van der Waals surface area (Å²) in [7, 11) is -4.42. The predicted molar refractivity (Wildman–Crippen MR) is 71.8 cm³/mol. The molecule has 0 saturated heterocycles. The molecule has 0 fully saturated rings. The van der Waals surface area contributed by atoms with Crippen LogP contribution < -0.4 is 29.6 Å². The molecule has 3 nitrogen and oxygen atoms in total. The number of rotatable bonds is 1. The summed E-state index contributed by atoms with van der Waals surface area (Å²) in [4.78, 5) is -0.139. The van der Waals surface area contributed by atoms with E-state index < -0.39 is 10.1 Å². The van der Waals surface area contributed by atoms with Crippen molar-refractivity contribution in [2.75, 3.05) is 0 Å². The van der Waals surface area contributed by atoms with Gasteiger partial charge in [-0.25, -0.2) is 8.42 Å². The van der Waals surface area contributed by atoms with Crippen LogP contribution in [0.15, 0.2) is 23.1 Å². The van der Waals surface area contributed by atoms with Gasteiger partial charge in [0.05, 0.1) is 4.90 Å². The van der Waals surface area contributed by atoms with Gasteiger partial charge in [0.1, 0.15) is 10.1 Å². The molecule has 0 aliphatic heterocycles. The van der Waals surface area contributed by atoms with Crippen molar-refractivity contribution in [2.45, 2.75) is 57.3 Å². The van der Waals surface area contributed by atoms with E-state index in [0.29, 0.717) is 0 Å². The Labute approximate surface area is 138 Å². The maximum absolute atomic E-state index is 11.2. The van der Waals surface area contributed by atoms with Crippen molar-refractivity contribution in [1.82, 2.24) is 0 Å². The van der Waals surface area contributed by atoms with Gasteiger partial charge in [0, 0.05) is 0 Å². The number of benzene rings is 1. The number of hydrogen-bond donors (Lipinski definition) is 0. The molecule has 0 heterocycles. The number of hydrogen-bond acceptors (Lipinski definition) is 3. The largest absolute Gasteiger partial charge is 1.00 e. The van der Waals surface area contributed by atoms with Gasteiger partial charge in [-0.05, 0) is 34.1 Å². The Morgan fingerprint density at radius 3 is 1.37 bits per heavy atom. The first-order valence-corrected chi connectivity index (χ1v) is 7.34. The molecule has 0 radical (unpaired) electrons. The van der Waals surface area contributed by atoms with Crippen LogP contribution in [0.1, 0.15) is 52.7 Å². The molecule has 1 aromatic rings. The third-order valence-electron chi connectivity index (χ3n) is 2.93. The van der Waals surface area contributed by atoms with Crippen LogP contribution in [0, 0.1) is 0 Å². The van der Waals surface area contributed by atoms with Crippen molar-refractivity contribution in [3.63, 3.8) is 0 Å². The zero-order chi connectivity index (χ0) is 14.4. The van der Waals surface area contributed by atoms with E-state index in [1.54, 1.807) is 0 Å². The maximum atomic E-state index is 11.2. The van der Waals surface area contributed by atoms with Crippen LogP contribution in [-0.2, 0) is 20.9 Å². The molecule has 0 aliphatic carbocycles. The zero-order valence-electron chi connectivity index (χ0n) is 12.9. The molecular formula is C14H21NaO3S. The van der Waals surface area contributed by atoms with Gasteiger partial charge in [0.2, 0.25) is 0 Å². The van der Waals surface area contributed by atoms with Crippen LogP contribution in [0.3, 0.4) is 0 Å². The Bertz CT molecular complexity index is 517. The van der Waals surface area contributed by atoms with Gasteiger partial charge in [0.25, 0.3) is 0 Å². The smallest absolute Gasteiger partial charge is 0.744 e. The quantitative estimate of drug-likeness (QED) is 0.548. The SMILES string of the molecule is CC(C)(C)c1cc(C(C)(C)C)cc(S(=O)(=O)[O-])c1.[Na+]. The molecule has 0 amide bonds. The Morgan fingerprint density at radius 1 is 0.842 bits per heavy atom. The van der Waals surface area contributed by atoms with Crippen molar-refractivity contribution in [3.8, 4) is 0 Å². The normalized spacial score (nSPS) is 13.0. The second-order valence-corrected chi connectivity index (χ2v) is 8.08. The van der Waals surface area contributed by atoms with Gasteiger partial charge >= 0.3 is 29.6 Å². The van der Waals surface area contributed by atoms with Crippen molar-refractivity contribution >= 4 is 10.1 Å². The summed E-state index contributed by atoms with van der Waals surface area (Å²) in [5.74, 6) is 0. The Kier molecular flexibility index (Phi) is 5.90. The molecule has 102 valence electrons. The van der Waals surface area contributed by atoms with Crippen LogP contribution in [0.5, 0.6) is 0 Å². The average molecular weight is 292 g/mol. The molecule has 0 bridgehead atoms. The summed E-state index contributed by atoms with van der Waals surface area (Å²) in [6.07, 6.45) is 0. The first-order valence-electron chi connectivity index (χ1n) is 5.94. The zero-order valence-corrected chi connectivity index (χ0v) is 15.7. The van der Waals surface area contributed by atoms with Crippen molar-refractivity contribution in [2.24, 2.45) is 0 Å². The third-order valence-corrected chi connectivity index (χ3v) is 3.74. The van der Waals surface area contributed by atoms with E-state index in [1.807, 2.05) is 47.6 Å². The minimum Gasteiger partial charge on any atom is -0.744 e. The minimum atomic E-state index is -4.42. The van der Waals surface area contributed by atoms with Gasteiger partial charge in [0.15, 0.2) is 0 Å². The van der Waals surface area contributed by atoms with E-state index >= 15 is 0 Å². The van der Waals surface area contributed by atoms with Gasteiger partial charge < -0.3 is 4.55 Å². The Morgan fingerprint density at radius 2 is 1.16 bits per heavy atom. The van der Waals surface area contributed by atoms with Gasteiger partial charge in [-0.3, -0.25) is 0 Å². The van der Waals surface area contributed by atoms with E-state index in [1.165, 1.54) is 12.1 Å². The second kappa shape index (κ2) is 5.86. The van der Waals surface area contributed by atoms with Crippen LogP contribution in [0.25, 0.3) is 0 Å². The molecule has 0 N–H and O–H groups in total. The standard InChI is InChI=1S/C14H22O3S.Na/c1-13(2,3)10-7-11(14(4,5)6)9-12(8-10)18(15,16)17;/h7-9H,1-6H3,(H,15,16,17);/q;+1/p-1. The van der Waals surface area contributed by atoms with E-state index in [2.05, 4.69) is 0 Å². The van der Waals surface area contributed by atoms with E-state index in [4.69, 9.17) is 0 Å². The predicted octanol–water partition coefficient (Wildman–Crippen LogP) is 0.190. The summed E-state index contributed by atoms with van der Waals surface area (Å²) in [6, 6.07) is 4.95. The van der Waals surface area contributed by atoms with Crippen LogP contribution in [-0.4, -0.2) is 13.0 Å². The van der Waals surface area contributed by atoms with Crippen LogP contribution in [0.4, 0.5) is 0 Å². The molecule has 0 aromatic heterocycles. The average Bonchev–Trinajstić information content (AvgIpc) is 2.13. The third kappa shape index (κ3) is 5.20. The van der Waals surface area contributed by atoms with E-state index in [0.717, 1.165) is 11.1 Å². The summed E-state index contributed by atoms with van der Waals surface area (Å²) in [5, 5.41) is 0. The van der Waals surface area contributed by atoms with Crippen molar-refractivity contribution in [1.29, 1.82) is 0 Å². The van der Waals surface area contributed by atoms with Crippen molar-refractivity contribution < 1.29 is 42.5 Å². The maximum Gasteiger partial charge on any atom is 1.00 e. The van der Waals surface area contributed by atoms with Gasteiger partial charge in [-0.15, -0.1) is 0 Å². The fourth-order valence-electron chi connectivity index (χ4n) is 1.61. The molecule has 1 aromatic carbocycles. The molecular weight excluding hydrogens is 271 g/mol. The van der Waals surface area contributed by atoms with Crippen molar-refractivity contribution in [3.05, 3.63) is 29.3 Å². The molecule has 0 saturated carbocycles. The van der Waals surface area contributed by atoms with E-state index in [-0.39, 0.29) is 45.3 Å². The molecule has 0 aliphatic rings. The minimum absolute atomic E-state index is 0. The Balaban J connectivity index is 0.00000324. The fraction of sp³-hybridized carbons (Fsp3) is 0.571. The summed E-state index contributed by atoms with van der Waals surface area (Å²) >= 11 is 0. The molecule has 0 spiro atoms. The van der Waals surface area contributed by atoms with Crippen LogP contribution in [0.2, 0.25) is 0 Å². The van der Waals surface area contributed by atoms with E-state index in [9.17, 15) is 13.0 Å². The second-order valence-electron chi connectivity index (χ2n) is 6.70. The summed E-state index contributed by atoms with van der Waals surface area (Å²) in [6.45, 7) is 12.0. The topological polar surface area (TPSA) is 57.2 Å². The molecule has 1 rings (SSSR count). The van der Waals surface area contributed by atoms with Gasteiger partial charge in [-0.2, -0.15) is 0 Å². The molecule has 19 heavy (non-hydrogen) atoms. The monoisotopic (exact) mass is 292 g/mol. The summed E-state index contributed by atoms with van der Waals surface area (Å²) in [5.41, 5.74) is 1.34.